The summed E-state index contributed by atoms with van der Waals surface area (Å²) in [7, 11) is 0. The van der Waals surface area contributed by atoms with Crippen LogP contribution < -0.4 is 16.0 Å². The maximum atomic E-state index is 12.8. The Labute approximate surface area is 160 Å². The molecule has 2 aromatic carbocycles. The average molecular weight is 378 g/mol. The normalized spacial score (nSPS) is 12.7. The molecule has 1 aliphatic rings. The lowest BCUT2D eigenvalue weighted by atomic mass is 10.1. The lowest BCUT2D eigenvalue weighted by Gasteiger charge is -2.15. The molecule has 0 spiro atoms. The molecule has 6 nitrogen and oxygen atoms in total. The third-order valence-electron chi connectivity index (χ3n) is 4.51. The van der Waals surface area contributed by atoms with Gasteiger partial charge in [-0.3, -0.25) is 9.59 Å². The highest BCUT2D eigenvalue weighted by Crippen LogP contribution is 2.33. The molecule has 136 valence electrons. The van der Waals surface area contributed by atoms with E-state index in [2.05, 4.69) is 10.3 Å². The maximum absolute atomic E-state index is 12.8. The van der Waals surface area contributed by atoms with E-state index in [-0.39, 0.29) is 11.8 Å². The number of fused-ring (bicyclic) bond motifs is 1. The van der Waals surface area contributed by atoms with Gasteiger partial charge in [-0.1, -0.05) is 41.7 Å². The number of hydrogen-bond acceptors (Lipinski definition) is 5. The van der Waals surface area contributed by atoms with Gasteiger partial charge in [0.05, 0.1) is 5.69 Å². The van der Waals surface area contributed by atoms with Gasteiger partial charge < -0.3 is 16.0 Å². The van der Waals surface area contributed by atoms with Gasteiger partial charge in [0.1, 0.15) is 4.88 Å². The number of nitrogens with zero attached hydrogens (tertiary/aromatic N) is 2. The summed E-state index contributed by atoms with van der Waals surface area (Å²) in [6.07, 6.45) is 0.779. The molecule has 0 saturated carbocycles. The molecule has 3 N–H and O–H groups in total. The first-order valence-electron chi connectivity index (χ1n) is 8.57. The molecular weight excluding hydrogens is 360 g/mol. The van der Waals surface area contributed by atoms with E-state index in [1.807, 2.05) is 48.5 Å². The second kappa shape index (κ2) is 6.85. The Morgan fingerprint density at radius 1 is 1.19 bits per heavy atom. The fourth-order valence-electron chi connectivity index (χ4n) is 3.28. The first-order chi connectivity index (χ1) is 13.0. The predicted octanol–water partition coefficient (Wildman–Crippen LogP) is 3.55. The van der Waals surface area contributed by atoms with Crippen LogP contribution in [0.2, 0.25) is 0 Å². The van der Waals surface area contributed by atoms with Crippen LogP contribution in [0.4, 0.5) is 16.5 Å². The molecular formula is C20H18N4O2S. The van der Waals surface area contributed by atoms with Gasteiger partial charge in [0.2, 0.25) is 5.91 Å². The van der Waals surface area contributed by atoms with Crippen molar-refractivity contribution in [2.45, 2.75) is 13.3 Å². The summed E-state index contributed by atoms with van der Waals surface area (Å²) in [6.45, 7) is 2.23. The molecule has 2 amide bonds. The second-order valence-electron chi connectivity index (χ2n) is 6.31. The van der Waals surface area contributed by atoms with Crippen molar-refractivity contribution in [3.8, 4) is 11.3 Å². The van der Waals surface area contributed by atoms with Gasteiger partial charge >= 0.3 is 0 Å². The van der Waals surface area contributed by atoms with Crippen molar-refractivity contribution in [2.24, 2.45) is 0 Å². The molecule has 7 heteroatoms. The van der Waals surface area contributed by atoms with E-state index in [1.54, 1.807) is 11.8 Å². The summed E-state index contributed by atoms with van der Waals surface area (Å²) >= 11 is 1.17. The molecule has 1 aliphatic heterocycles. The second-order valence-corrected chi connectivity index (χ2v) is 7.34. The Morgan fingerprint density at radius 3 is 2.70 bits per heavy atom. The first-order valence-corrected chi connectivity index (χ1v) is 9.38. The monoisotopic (exact) mass is 378 g/mol. The average Bonchev–Trinajstić information content (AvgIpc) is 3.25. The predicted molar refractivity (Wildman–Crippen MR) is 108 cm³/mol. The number of nitrogen functional groups attached to an aromatic ring is 1. The number of aromatic nitrogens is 1. The summed E-state index contributed by atoms with van der Waals surface area (Å²) in [5.74, 6) is -0.220. The summed E-state index contributed by atoms with van der Waals surface area (Å²) in [5.41, 5.74) is 9.94. The van der Waals surface area contributed by atoms with Crippen LogP contribution in [-0.4, -0.2) is 23.3 Å². The summed E-state index contributed by atoms with van der Waals surface area (Å²) in [5, 5.41) is 3.28. The van der Waals surface area contributed by atoms with Crippen molar-refractivity contribution in [1.82, 2.24) is 4.98 Å². The van der Waals surface area contributed by atoms with E-state index in [4.69, 9.17) is 5.73 Å². The van der Waals surface area contributed by atoms with Crippen molar-refractivity contribution >= 4 is 39.7 Å². The van der Waals surface area contributed by atoms with Gasteiger partial charge in [-0.25, -0.2) is 4.98 Å². The number of nitrogens with one attached hydrogen (secondary N) is 1. The number of hydrogen-bond donors (Lipinski definition) is 2. The lowest BCUT2D eigenvalue weighted by molar-refractivity contribution is -0.116. The summed E-state index contributed by atoms with van der Waals surface area (Å²) < 4.78 is 0. The van der Waals surface area contributed by atoms with Gasteiger partial charge in [-0.15, -0.1) is 0 Å². The Balaban J connectivity index is 1.60. The zero-order valence-corrected chi connectivity index (χ0v) is 15.5. The van der Waals surface area contributed by atoms with E-state index < -0.39 is 0 Å². The van der Waals surface area contributed by atoms with Crippen LogP contribution in [0.3, 0.4) is 0 Å². The Kier molecular flexibility index (Phi) is 4.37. The number of nitrogens with two attached hydrogens (primary N) is 1. The quantitative estimate of drug-likeness (QED) is 0.729. The van der Waals surface area contributed by atoms with Gasteiger partial charge in [0.25, 0.3) is 5.91 Å². The number of carbonyl (C=O) groups excluding carboxylic acids is 2. The highest BCUT2D eigenvalue weighted by atomic mass is 32.1. The molecule has 1 aromatic heterocycles. The fourth-order valence-corrected chi connectivity index (χ4v) is 4.03. The molecule has 27 heavy (non-hydrogen) atoms. The minimum atomic E-state index is -0.246. The molecule has 3 aromatic rings. The molecule has 0 atom stereocenters. The molecule has 0 aliphatic carbocycles. The topological polar surface area (TPSA) is 88.3 Å². The number of rotatable bonds is 3. The largest absolute Gasteiger partial charge is 0.375 e. The Hall–Kier alpha value is -3.19. The zero-order valence-electron chi connectivity index (χ0n) is 14.7. The standard InChI is InChI=1S/C20H18N4O2S/c1-12(25)24-10-9-14-11-15(7-8-16(14)24)22-19(26)18-17(23-20(21)27-18)13-5-3-2-4-6-13/h2-8,11H,9-10H2,1H3,(H2,21,23)(H,22,26). The van der Waals surface area contributed by atoms with Crippen molar-refractivity contribution in [3.63, 3.8) is 0 Å². The smallest absolute Gasteiger partial charge is 0.268 e. The van der Waals surface area contributed by atoms with Crippen molar-refractivity contribution in [2.75, 3.05) is 22.5 Å². The van der Waals surface area contributed by atoms with E-state index in [0.29, 0.717) is 27.9 Å². The third-order valence-corrected chi connectivity index (χ3v) is 5.39. The Bertz CT molecular complexity index is 1030. The number of thiazole rings is 1. The summed E-state index contributed by atoms with van der Waals surface area (Å²) in [4.78, 5) is 31.1. The van der Waals surface area contributed by atoms with E-state index in [9.17, 15) is 9.59 Å². The molecule has 0 fully saturated rings. The van der Waals surface area contributed by atoms with Gasteiger partial charge in [-0.05, 0) is 30.2 Å². The van der Waals surface area contributed by atoms with E-state index in [1.165, 1.54) is 11.3 Å². The van der Waals surface area contributed by atoms with Crippen molar-refractivity contribution < 1.29 is 9.59 Å². The molecule has 0 radical (unpaired) electrons. The van der Waals surface area contributed by atoms with E-state index >= 15 is 0 Å². The Morgan fingerprint density at radius 2 is 1.96 bits per heavy atom. The SMILES string of the molecule is CC(=O)N1CCc2cc(NC(=O)c3sc(N)nc3-c3ccccc3)ccc21. The fraction of sp³-hybridized carbons (Fsp3) is 0.150. The van der Waals surface area contributed by atoms with Crippen molar-refractivity contribution in [1.29, 1.82) is 0 Å². The molecule has 0 unspecified atom stereocenters. The van der Waals surface area contributed by atoms with Crippen LogP contribution in [0.1, 0.15) is 22.2 Å². The molecule has 2 heterocycles. The minimum Gasteiger partial charge on any atom is -0.375 e. The van der Waals surface area contributed by atoms with E-state index in [0.717, 1.165) is 23.2 Å². The maximum Gasteiger partial charge on any atom is 0.268 e. The van der Waals surface area contributed by atoms with Gasteiger partial charge in [0, 0.05) is 30.4 Å². The molecule has 4 rings (SSSR count). The number of carbonyl (C=O) groups is 2. The van der Waals surface area contributed by atoms with Gasteiger partial charge in [-0.2, -0.15) is 0 Å². The minimum absolute atomic E-state index is 0.0261. The lowest BCUT2D eigenvalue weighted by Crippen LogP contribution is -2.25. The number of amides is 2. The number of anilines is 3. The van der Waals surface area contributed by atoms with Gasteiger partial charge in [0.15, 0.2) is 5.13 Å². The molecule has 0 bridgehead atoms. The third kappa shape index (κ3) is 3.29. The van der Waals surface area contributed by atoms with Crippen LogP contribution >= 0.6 is 11.3 Å². The molecule has 0 saturated heterocycles. The van der Waals surface area contributed by atoms with Crippen molar-refractivity contribution in [3.05, 3.63) is 59.0 Å². The van der Waals surface area contributed by atoms with Crippen LogP contribution in [0, 0.1) is 0 Å². The highest BCUT2D eigenvalue weighted by Gasteiger charge is 2.23. The first kappa shape index (κ1) is 17.2. The summed E-state index contributed by atoms with van der Waals surface area (Å²) in [6, 6.07) is 15.1. The van der Waals surface area contributed by atoms with Crippen LogP contribution in [0.5, 0.6) is 0 Å². The number of benzene rings is 2. The highest BCUT2D eigenvalue weighted by molar-refractivity contribution is 7.17. The van der Waals surface area contributed by atoms with Crippen LogP contribution in [0.25, 0.3) is 11.3 Å². The zero-order chi connectivity index (χ0) is 19.0. The van der Waals surface area contributed by atoms with Crippen LogP contribution in [0.15, 0.2) is 48.5 Å². The van der Waals surface area contributed by atoms with Crippen LogP contribution in [-0.2, 0) is 11.2 Å².